The number of benzene rings is 2. The maximum atomic E-state index is 12.6. The van der Waals surface area contributed by atoms with Crippen molar-refractivity contribution < 1.29 is 13.2 Å². The molecular weight excluding hydrogens is 464 g/mol. The molecule has 10 heteroatoms. The fourth-order valence-electron chi connectivity index (χ4n) is 4.10. The number of aryl methyl sites for hydroxylation is 2. The molecule has 2 aromatic carbocycles. The Morgan fingerprint density at radius 3 is 2.20 bits per heavy atom. The maximum absolute atomic E-state index is 12.6. The van der Waals surface area contributed by atoms with E-state index in [0.717, 1.165) is 30.8 Å². The smallest absolute Gasteiger partial charge is 0.256 e. The summed E-state index contributed by atoms with van der Waals surface area (Å²) in [5.74, 6) is 0.116. The average Bonchev–Trinajstić information content (AvgIpc) is 3.34. The van der Waals surface area contributed by atoms with Gasteiger partial charge in [0.2, 0.25) is 16.0 Å². The molecule has 0 spiro atoms. The lowest BCUT2D eigenvalue weighted by Gasteiger charge is -2.15. The van der Waals surface area contributed by atoms with Gasteiger partial charge in [-0.05, 0) is 75.2 Å². The molecule has 1 aliphatic heterocycles. The van der Waals surface area contributed by atoms with Gasteiger partial charge >= 0.3 is 0 Å². The Hall–Kier alpha value is -3.34. The molecular formula is C25H30N6O3S. The Morgan fingerprint density at radius 2 is 1.57 bits per heavy atom. The lowest BCUT2D eigenvalue weighted by molar-refractivity contribution is 0.102. The second kappa shape index (κ2) is 10.9. The molecule has 4 rings (SSSR count). The summed E-state index contributed by atoms with van der Waals surface area (Å²) in [6, 6.07) is 12.1. The number of sulfonamides is 1. The van der Waals surface area contributed by atoms with E-state index in [2.05, 4.69) is 30.2 Å². The number of nitrogens with one attached hydrogen (secondary N) is 3. The predicted molar refractivity (Wildman–Crippen MR) is 136 cm³/mol. The van der Waals surface area contributed by atoms with Crippen LogP contribution in [0.2, 0.25) is 0 Å². The number of carbonyl (C=O) groups is 1. The minimum Gasteiger partial charge on any atom is -0.324 e. The van der Waals surface area contributed by atoms with Crippen molar-refractivity contribution in [1.29, 1.82) is 0 Å². The van der Waals surface area contributed by atoms with E-state index >= 15 is 0 Å². The van der Waals surface area contributed by atoms with Crippen molar-refractivity contribution in [3.8, 4) is 0 Å². The van der Waals surface area contributed by atoms with Gasteiger partial charge in [0, 0.05) is 24.3 Å². The minimum atomic E-state index is -3.56. The van der Waals surface area contributed by atoms with E-state index in [4.69, 9.17) is 0 Å². The highest BCUT2D eigenvalue weighted by molar-refractivity contribution is 7.89. The van der Waals surface area contributed by atoms with E-state index in [1.54, 1.807) is 24.3 Å². The molecule has 3 aromatic rings. The highest BCUT2D eigenvalue weighted by Crippen LogP contribution is 2.19. The molecule has 2 heterocycles. The first-order valence-electron chi connectivity index (χ1n) is 11.6. The zero-order chi connectivity index (χ0) is 24.8. The summed E-state index contributed by atoms with van der Waals surface area (Å²) in [4.78, 5) is 23.6. The van der Waals surface area contributed by atoms with Crippen LogP contribution in [0.5, 0.6) is 0 Å². The average molecular weight is 495 g/mol. The summed E-state index contributed by atoms with van der Waals surface area (Å²) >= 11 is 0. The predicted octanol–water partition coefficient (Wildman–Crippen LogP) is 3.46. The van der Waals surface area contributed by atoms with Gasteiger partial charge in [0.25, 0.3) is 5.91 Å². The molecule has 0 atom stereocenters. The van der Waals surface area contributed by atoms with E-state index in [1.807, 2.05) is 32.0 Å². The van der Waals surface area contributed by atoms with E-state index < -0.39 is 10.0 Å². The van der Waals surface area contributed by atoms with E-state index in [9.17, 15) is 13.2 Å². The fourth-order valence-corrected chi connectivity index (χ4v) is 5.12. The Kier molecular flexibility index (Phi) is 7.74. The van der Waals surface area contributed by atoms with Gasteiger partial charge in [-0.25, -0.2) is 23.1 Å². The first-order chi connectivity index (χ1) is 16.8. The summed E-state index contributed by atoms with van der Waals surface area (Å²) in [5, 5.41) is 5.86. The number of amides is 1. The van der Waals surface area contributed by atoms with Gasteiger partial charge in [-0.15, -0.1) is 0 Å². The van der Waals surface area contributed by atoms with Gasteiger partial charge < -0.3 is 15.5 Å². The van der Waals surface area contributed by atoms with Gasteiger partial charge in [0.15, 0.2) is 0 Å². The molecule has 0 radical (unpaired) electrons. The van der Waals surface area contributed by atoms with Crippen molar-refractivity contribution in [3.05, 3.63) is 71.5 Å². The molecule has 1 aromatic heterocycles. The number of hydrogen-bond donors (Lipinski definition) is 3. The van der Waals surface area contributed by atoms with Crippen molar-refractivity contribution in [2.75, 3.05) is 36.8 Å². The molecule has 0 bridgehead atoms. The SMILES string of the molecule is Cc1cccc(C)c1C(=O)Nc1cnc(Nc2ccc(S(=O)(=O)NCCN3CCCC3)cc2)nc1. The Labute approximate surface area is 206 Å². The van der Waals surface area contributed by atoms with Crippen LogP contribution >= 0.6 is 0 Å². The number of likely N-dealkylation sites (tertiary alicyclic amines) is 1. The third-order valence-electron chi connectivity index (χ3n) is 5.96. The Bertz CT molecular complexity index is 1250. The number of carbonyl (C=O) groups excluding carboxylic acids is 1. The second-order valence-electron chi connectivity index (χ2n) is 8.61. The van der Waals surface area contributed by atoms with Crippen molar-refractivity contribution in [2.24, 2.45) is 0 Å². The lowest BCUT2D eigenvalue weighted by atomic mass is 10.0. The molecule has 3 N–H and O–H groups in total. The summed E-state index contributed by atoms with van der Waals surface area (Å²) in [6.45, 7) is 6.96. The van der Waals surface area contributed by atoms with Crippen LogP contribution in [0.1, 0.15) is 34.3 Å². The van der Waals surface area contributed by atoms with Gasteiger partial charge in [0.1, 0.15) is 0 Å². The van der Waals surface area contributed by atoms with Gasteiger partial charge in [-0.1, -0.05) is 18.2 Å². The molecule has 0 unspecified atom stereocenters. The Balaban J connectivity index is 1.32. The molecule has 1 amide bonds. The summed E-state index contributed by atoms with van der Waals surface area (Å²) in [6.07, 6.45) is 5.39. The molecule has 1 aliphatic rings. The summed E-state index contributed by atoms with van der Waals surface area (Å²) in [7, 11) is -3.56. The highest BCUT2D eigenvalue weighted by Gasteiger charge is 2.16. The van der Waals surface area contributed by atoms with Crippen molar-refractivity contribution in [1.82, 2.24) is 19.6 Å². The fraction of sp³-hybridized carbons (Fsp3) is 0.320. The van der Waals surface area contributed by atoms with Crippen LogP contribution in [0.15, 0.2) is 59.8 Å². The van der Waals surface area contributed by atoms with Crippen molar-refractivity contribution >= 4 is 33.3 Å². The first-order valence-corrected chi connectivity index (χ1v) is 13.1. The zero-order valence-electron chi connectivity index (χ0n) is 19.9. The summed E-state index contributed by atoms with van der Waals surface area (Å²) < 4.78 is 27.7. The number of aromatic nitrogens is 2. The van der Waals surface area contributed by atoms with Crippen LogP contribution in [-0.2, 0) is 10.0 Å². The van der Waals surface area contributed by atoms with Crippen molar-refractivity contribution in [2.45, 2.75) is 31.6 Å². The first kappa shape index (κ1) is 24.8. The Morgan fingerprint density at radius 1 is 0.943 bits per heavy atom. The zero-order valence-corrected chi connectivity index (χ0v) is 20.7. The standard InChI is InChI=1S/C25H30N6O3S/c1-18-6-5-7-19(2)23(18)24(32)29-21-16-26-25(27-17-21)30-20-8-10-22(11-9-20)35(33,34)28-12-15-31-13-3-4-14-31/h5-11,16-17,28H,3-4,12-15H2,1-2H3,(H,29,32)(H,26,27,30). The second-order valence-corrected chi connectivity index (χ2v) is 10.4. The van der Waals surface area contributed by atoms with Crippen LogP contribution in [0.3, 0.4) is 0 Å². The molecule has 9 nitrogen and oxygen atoms in total. The van der Waals surface area contributed by atoms with Crippen LogP contribution in [0, 0.1) is 13.8 Å². The van der Waals surface area contributed by atoms with Crippen LogP contribution in [-0.4, -0.2) is 55.4 Å². The molecule has 35 heavy (non-hydrogen) atoms. The molecule has 184 valence electrons. The number of hydrogen-bond acceptors (Lipinski definition) is 7. The molecule has 1 fully saturated rings. The van der Waals surface area contributed by atoms with E-state index in [-0.39, 0.29) is 10.8 Å². The lowest BCUT2D eigenvalue weighted by Crippen LogP contribution is -2.33. The third kappa shape index (κ3) is 6.41. The van der Waals surface area contributed by atoms with Gasteiger partial charge in [0.05, 0.1) is 23.0 Å². The van der Waals surface area contributed by atoms with Gasteiger partial charge in [-0.2, -0.15) is 0 Å². The maximum Gasteiger partial charge on any atom is 0.256 e. The highest BCUT2D eigenvalue weighted by atomic mass is 32.2. The summed E-state index contributed by atoms with van der Waals surface area (Å²) in [5.41, 5.74) is 3.55. The molecule has 1 saturated heterocycles. The van der Waals surface area contributed by atoms with Gasteiger partial charge in [-0.3, -0.25) is 4.79 Å². The van der Waals surface area contributed by atoms with Crippen LogP contribution < -0.4 is 15.4 Å². The number of rotatable bonds is 9. The van der Waals surface area contributed by atoms with Crippen LogP contribution in [0.25, 0.3) is 0 Å². The third-order valence-corrected chi connectivity index (χ3v) is 7.43. The largest absolute Gasteiger partial charge is 0.324 e. The number of anilines is 3. The molecule has 0 aliphatic carbocycles. The molecule has 0 saturated carbocycles. The van der Waals surface area contributed by atoms with Crippen LogP contribution in [0.4, 0.5) is 17.3 Å². The quantitative estimate of drug-likeness (QED) is 0.417. The topological polar surface area (TPSA) is 116 Å². The van der Waals surface area contributed by atoms with E-state index in [0.29, 0.717) is 29.4 Å². The van der Waals surface area contributed by atoms with Crippen molar-refractivity contribution in [3.63, 3.8) is 0 Å². The number of nitrogens with zero attached hydrogens (tertiary/aromatic N) is 3. The van der Waals surface area contributed by atoms with E-state index in [1.165, 1.54) is 25.2 Å². The minimum absolute atomic E-state index is 0.204. The monoisotopic (exact) mass is 494 g/mol. The normalized spacial score (nSPS) is 14.1.